The van der Waals surface area contributed by atoms with Crippen molar-refractivity contribution in [2.24, 2.45) is 5.92 Å². The lowest BCUT2D eigenvalue weighted by molar-refractivity contribution is 0.0697. The van der Waals surface area contributed by atoms with Crippen LogP contribution in [0.1, 0.15) is 35.8 Å². The minimum atomic E-state index is -3.71. The maximum Gasteiger partial charge on any atom is 0.340 e. The zero-order chi connectivity index (χ0) is 14.9. The van der Waals surface area contributed by atoms with Crippen molar-refractivity contribution in [3.8, 4) is 0 Å². The van der Waals surface area contributed by atoms with Gasteiger partial charge in [-0.15, -0.1) is 0 Å². The molecule has 1 aromatic heterocycles. The first-order valence-electron chi connectivity index (χ1n) is 6.28. The highest BCUT2D eigenvalue weighted by molar-refractivity contribution is 7.90. The predicted octanol–water partition coefficient (Wildman–Crippen LogP) is 1.54. The molecule has 2 N–H and O–H groups in total. The van der Waals surface area contributed by atoms with Crippen LogP contribution in [0.25, 0.3) is 0 Å². The molecule has 1 aliphatic heterocycles. The molecule has 0 unspecified atom stereocenters. The summed E-state index contributed by atoms with van der Waals surface area (Å²) < 4.78 is 32.1. The second-order valence-electron chi connectivity index (χ2n) is 4.97. The van der Waals surface area contributed by atoms with Crippen molar-refractivity contribution < 1.29 is 18.3 Å². The number of rotatable bonds is 4. The molecular weight excluding hydrogens is 302 g/mol. The third-order valence-electron chi connectivity index (χ3n) is 3.38. The molecule has 1 aliphatic rings. The fourth-order valence-electron chi connectivity index (χ4n) is 2.10. The molecule has 112 valence electrons. The number of carboxylic acids is 1. The molecule has 1 aromatic rings. The highest BCUT2D eigenvalue weighted by Gasteiger charge is 2.29. The van der Waals surface area contributed by atoms with Crippen LogP contribution in [0.4, 0.5) is 5.00 Å². The normalized spacial score (nSPS) is 18.1. The molecule has 0 aromatic carbocycles. The van der Waals surface area contributed by atoms with Gasteiger partial charge < -0.3 is 5.11 Å². The first kappa shape index (κ1) is 15.2. The molecule has 0 aliphatic carbocycles. The third-order valence-corrected chi connectivity index (χ3v) is 5.87. The average molecular weight is 319 g/mol. The standard InChI is InChI=1S/C11H17N3O4S2/c1-7-3-5-14(6-4-7)20(17,18)13-10-9(11(15)16)8(2)12-19-10/h7,13H,3-6H2,1-2H3,(H,15,16). The number of aromatic carboxylic acids is 1. The van der Waals surface area contributed by atoms with Crippen molar-refractivity contribution in [3.05, 3.63) is 11.3 Å². The van der Waals surface area contributed by atoms with Crippen LogP contribution in [-0.2, 0) is 10.2 Å². The van der Waals surface area contributed by atoms with Crippen molar-refractivity contribution in [3.63, 3.8) is 0 Å². The van der Waals surface area contributed by atoms with Gasteiger partial charge in [-0.1, -0.05) is 6.92 Å². The Labute approximate surface area is 122 Å². The topological polar surface area (TPSA) is 99.6 Å². The van der Waals surface area contributed by atoms with Gasteiger partial charge in [-0.2, -0.15) is 17.1 Å². The Bertz CT molecular complexity index is 603. The van der Waals surface area contributed by atoms with E-state index in [2.05, 4.69) is 16.0 Å². The van der Waals surface area contributed by atoms with E-state index in [1.165, 1.54) is 4.31 Å². The first-order valence-corrected chi connectivity index (χ1v) is 8.50. The summed E-state index contributed by atoms with van der Waals surface area (Å²) in [5, 5.41) is 9.16. The van der Waals surface area contributed by atoms with E-state index in [0.717, 1.165) is 24.4 Å². The van der Waals surface area contributed by atoms with Crippen LogP contribution in [0.2, 0.25) is 0 Å². The molecule has 7 nitrogen and oxygen atoms in total. The van der Waals surface area contributed by atoms with Gasteiger partial charge in [0.15, 0.2) is 0 Å². The zero-order valence-electron chi connectivity index (χ0n) is 11.3. The van der Waals surface area contributed by atoms with Gasteiger partial charge in [0.25, 0.3) is 0 Å². The molecular formula is C11H17N3O4S2. The van der Waals surface area contributed by atoms with E-state index in [1.54, 1.807) is 6.92 Å². The maximum atomic E-state index is 12.2. The number of hydrogen-bond donors (Lipinski definition) is 2. The number of hydrogen-bond acceptors (Lipinski definition) is 5. The largest absolute Gasteiger partial charge is 0.478 e. The monoisotopic (exact) mass is 319 g/mol. The average Bonchev–Trinajstić information content (AvgIpc) is 2.70. The van der Waals surface area contributed by atoms with Gasteiger partial charge in [-0.05, 0) is 37.2 Å². The van der Waals surface area contributed by atoms with Crippen LogP contribution in [0, 0.1) is 12.8 Å². The van der Waals surface area contributed by atoms with Crippen LogP contribution in [0.3, 0.4) is 0 Å². The third kappa shape index (κ3) is 3.10. The van der Waals surface area contributed by atoms with Crippen LogP contribution in [0.5, 0.6) is 0 Å². The fourth-order valence-corrected chi connectivity index (χ4v) is 4.37. The van der Waals surface area contributed by atoms with Crippen molar-refractivity contribution in [2.75, 3.05) is 17.8 Å². The molecule has 0 radical (unpaired) electrons. The lowest BCUT2D eigenvalue weighted by Crippen LogP contribution is -2.41. The van der Waals surface area contributed by atoms with E-state index >= 15 is 0 Å². The summed E-state index contributed by atoms with van der Waals surface area (Å²) in [6, 6.07) is 0. The number of carboxylic acid groups (broad SMARTS) is 1. The summed E-state index contributed by atoms with van der Waals surface area (Å²) in [6.45, 7) is 4.54. The number of aryl methyl sites for hydroxylation is 1. The SMILES string of the molecule is Cc1nsc(NS(=O)(=O)N2CCC(C)CC2)c1C(=O)O. The van der Waals surface area contributed by atoms with Crippen molar-refractivity contribution in [1.82, 2.24) is 8.68 Å². The molecule has 1 fully saturated rings. The van der Waals surface area contributed by atoms with Crippen molar-refractivity contribution in [2.45, 2.75) is 26.7 Å². The smallest absolute Gasteiger partial charge is 0.340 e. The lowest BCUT2D eigenvalue weighted by Gasteiger charge is -2.29. The van der Waals surface area contributed by atoms with Gasteiger partial charge in [0, 0.05) is 13.1 Å². The van der Waals surface area contributed by atoms with Crippen LogP contribution >= 0.6 is 11.5 Å². The quantitative estimate of drug-likeness (QED) is 0.877. The molecule has 0 saturated carbocycles. The summed E-state index contributed by atoms with van der Waals surface area (Å²) in [6.07, 6.45) is 1.63. The second kappa shape index (κ2) is 5.66. The lowest BCUT2D eigenvalue weighted by atomic mass is 10.0. The Hall–Kier alpha value is -1.19. The van der Waals surface area contributed by atoms with Crippen molar-refractivity contribution >= 4 is 32.7 Å². The Morgan fingerprint density at radius 3 is 2.60 bits per heavy atom. The molecule has 0 spiro atoms. The molecule has 0 atom stereocenters. The number of piperidine rings is 1. The molecule has 2 rings (SSSR count). The Morgan fingerprint density at radius 2 is 2.05 bits per heavy atom. The minimum Gasteiger partial charge on any atom is -0.478 e. The summed E-state index contributed by atoms with van der Waals surface area (Å²) in [5.41, 5.74) is 0.233. The van der Waals surface area contributed by atoms with E-state index in [-0.39, 0.29) is 10.6 Å². The number of carbonyl (C=O) groups is 1. The van der Waals surface area contributed by atoms with E-state index in [1.807, 2.05) is 0 Å². The van der Waals surface area contributed by atoms with Gasteiger partial charge >= 0.3 is 16.2 Å². The van der Waals surface area contributed by atoms with E-state index in [9.17, 15) is 13.2 Å². The molecule has 0 amide bonds. The Morgan fingerprint density at radius 1 is 1.45 bits per heavy atom. The van der Waals surface area contributed by atoms with Gasteiger partial charge in [-0.25, -0.2) is 4.79 Å². The number of nitrogens with zero attached hydrogens (tertiary/aromatic N) is 2. The van der Waals surface area contributed by atoms with Crippen molar-refractivity contribution in [1.29, 1.82) is 0 Å². The van der Waals surface area contributed by atoms with E-state index in [4.69, 9.17) is 5.11 Å². The summed E-state index contributed by atoms with van der Waals surface area (Å²) in [5.74, 6) is -0.664. The highest BCUT2D eigenvalue weighted by atomic mass is 32.2. The van der Waals surface area contributed by atoms with Gasteiger partial charge in [0.05, 0.1) is 5.69 Å². The molecule has 9 heteroatoms. The fraction of sp³-hybridized carbons (Fsp3) is 0.636. The predicted molar refractivity (Wildman–Crippen MR) is 76.3 cm³/mol. The van der Waals surface area contributed by atoms with Crippen LogP contribution < -0.4 is 4.72 Å². The molecule has 0 bridgehead atoms. The molecule has 1 saturated heterocycles. The van der Waals surface area contributed by atoms with Crippen LogP contribution in [0.15, 0.2) is 0 Å². The minimum absolute atomic E-state index is 0.0635. The first-order chi connectivity index (χ1) is 9.31. The number of nitrogens with one attached hydrogen (secondary N) is 1. The molecule has 20 heavy (non-hydrogen) atoms. The summed E-state index contributed by atoms with van der Waals surface area (Å²) in [7, 11) is -3.71. The highest BCUT2D eigenvalue weighted by Crippen LogP contribution is 2.27. The van der Waals surface area contributed by atoms with Gasteiger partial charge in [-0.3, -0.25) is 4.72 Å². The maximum absolute atomic E-state index is 12.2. The number of aromatic nitrogens is 1. The zero-order valence-corrected chi connectivity index (χ0v) is 12.9. The Kier molecular flexibility index (Phi) is 4.31. The van der Waals surface area contributed by atoms with E-state index < -0.39 is 16.2 Å². The molecule has 2 heterocycles. The summed E-state index contributed by atoms with van der Waals surface area (Å²) in [4.78, 5) is 11.1. The van der Waals surface area contributed by atoms with Gasteiger partial charge in [0.2, 0.25) is 0 Å². The van der Waals surface area contributed by atoms with Gasteiger partial charge in [0.1, 0.15) is 10.6 Å². The number of anilines is 1. The Balaban J connectivity index is 2.19. The summed E-state index contributed by atoms with van der Waals surface area (Å²) >= 11 is 0.848. The van der Waals surface area contributed by atoms with Crippen LogP contribution in [-0.4, -0.2) is 41.3 Å². The second-order valence-corrected chi connectivity index (χ2v) is 7.41. The van der Waals surface area contributed by atoms with E-state index in [0.29, 0.717) is 24.7 Å².